The minimum Gasteiger partial charge on any atom is -0.396 e. The Balaban J connectivity index is 2.69. The summed E-state index contributed by atoms with van der Waals surface area (Å²) < 4.78 is 5.25. The Kier molecular flexibility index (Phi) is 16.7. The molecule has 1 aliphatic rings. The van der Waals surface area contributed by atoms with Crippen molar-refractivity contribution >= 4 is 0 Å². The molecule has 1 N–H and O–H groups in total. The molecule has 0 fully saturated rings. The van der Waals surface area contributed by atoms with Crippen molar-refractivity contribution in [3.63, 3.8) is 0 Å². The van der Waals surface area contributed by atoms with Crippen molar-refractivity contribution in [2.45, 2.75) is 127 Å². The average molecular weight is 515 g/mol. The highest BCUT2D eigenvalue weighted by Gasteiger charge is 2.18. The summed E-state index contributed by atoms with van der Waals surface area (Å²) in [5.74, 6) is 3.04. The van der Waals surface area contributed by atoms with E-state index in [1.807, 2.05) is 0 Å². The van der Waals surface area contributed by atoms with Crippen LogP contribution in [0.3, 0.4) is 0 Å². The predicted octanol–water partition coefficient (Wildman–Crippen LogP) is 10.2. The Hall–Kier alpha value is -1.12. The molecule has 1 aliphatic carbocycles. The summed E-state index contributed by atoms with van der Waals surface area (Å²) in [4.78, 5) is 0. The molecule has 2 heteroatoms. The smallest absolute Gasteiger partial charge is 0.0512 e. The van der Waals surface area contributed by atoms with Gasteiger partial charge in [0.1, 0.15) is 0 Å². The summed E-state index contributed by atoms with van der Waals surface area (Å²) >= 11 is 0. The number of allylic oxidation sites excluding steroid dienone is 8. The summed E-state index contributed by atoms with van der Waals surface area (Å²) in [5, 5.41) is 9.55. The summed E-state index contributed by atoms with van der Waals surface area (Å²) in [5.41, 5.74) is 9.38. The molecule has 0 heterocycles. The van der Waals surface area contributed by atoms with Crippen LogP contribution in [0.25, 0.3) is 0 Å². The van der Waals surface area contributed by atoms with Crippen LogP contribution in [0.2, 0.25) is 0 Å². The van der Waals surface area contributed by atoms with Gasteiger partial charge in [0.15, 0.2) is 0 Å². The first-order valence-electron chi connectivity index (χ1n) is 15.5. The fourth-order valence-corrected chi connectivity index (χ4v) is 5.96. The highest BCUT2D eigenvalue weighted by Crippen LogP contribution is 2.34. The Bertz CT molecular complexity index is 781. The molecule has 0 spiro atoms. The summed E-state index contributed by atoms with van der Waals surface area (Å²) in [6.07, 6.45) is 17.1. The second kappa shape index (κ2) is 18.2. The standard InChI is InChI=1S/C35H62O2/c1-11-32-18-19-35(22-34(32)13-3)30(9)33(12-2)21-29(8)28(7)17-16-27(6)26(5)15-14-25(4)20-31(23-36)24-37-10/h21-22,25-28,31,36H,11-20,23-24H2,1-10H3/b29-21+,33-30+. The third kappa shape index (κ3) is 11.7. The molecule has 1 rings (SSSR count). The Morgan fingerprint density at radius 2 is 1.59 bits per heavy atom. The number of hydrogen-bond donors (Lipinski definition) is 1. The van der Waals surface area contributed by atoms with Crippen molar-refractivity contribution in [2.24, 2.45) is 29.6 Å². The molecule has 37 heavy (non-hydrogen) atoms. The molecule has 0 amide bonds. The first-order valence-corrected chi connectivity index (χ1v) is 15.5. The molecule has 0 saturated carbocycles. The van der Waals surface area contributed by atoms with Crippen molar-refractivity contribution in [1.82, 2.24) is 0 Å². The van der Waals surface area contributed by atoms with Crippen LogP contribution < -0.4 is 0 Å². The molecule has 2 nitrogen and oxygen atoms in total. The number of aliphatic hydroxyl groups excluding tert-OH is 1. The van der Waals surface area contributed by atoms with E-state index in [1.54, 1.807) is 23.8 Å². The molecule has 0 bridgehead atoms. The average Bonchev–Trinajstić information content (AvgIpc) is 2.91. The molecular weight excluding hydrogens is 452 g/mol. The van der Waals surface area contributed by atoms with Crippen LogP contribution >= 0.6 is 0 Å². The van der Waals surface area contributed by atoms with E-state index in [0.717, 1.165) is 31.1 Å². The zero-order valence-corrected chi connectivity index (χ0v) is 26.4. The Morgan fingerprint density at radius 3 is 2.14 bits per heavy atom. The highest BCUT2D eigenvalue weighted by molar-refractivity contribution is 5.46. The summed E-state index contributed by atoms with van der Waals surface area (Å²) in [6, 6.07) is 0. The molecule has 214 valence electrons. The van der Waals surface area contributed by atoms with Gasteiger partial charge in [-0.05, 0) is 111 Å². The van der Waals surface area contributed by atoms with E-state index in [-0.39, 0.29) is 12.5 Å². The third-order valence-electron chi connectivity index (χ3n) is 9.37. The predicted molar refractivity (Wildman–Crippen MR) is 164 cm³/mol. The van der Waals surface area contributed by atoms with Gasteiger partial charge < -0.3 is 9.84 Å². The third-order valence-corrected chi connectivity index (χ3v) is 9.37. The molecular formula is C35H62O2. The lowest BCUT2D eigenvalue weighted by Gasteiger charge is -2.25. The maximum absolute atomic E-state index is 9.55. The number of aliphatic hydroxyl groups is 1. The second-order valence-corrected chi connectivity index (χ2v) is 12.3. The topological polar surface area (TPSA) is 29.5 Å². The molecule has 0 aliphatic heterocycles. The van der Waals surface area contributed by atoms with E-state index in [0.29, 0.717) is 18.4 Å². The van der Waals surface area contributed by atoms with Gasteiger partial charge in [0, 0.05) is 19.6 Å². The van der Waals surface area contributed by atoms with Gasteiger partial charge in [-0.25, -0.2) is 0 Å². The maximum Gasteiger partial charge on any atom is 0.0512 e. The van der Waals surface area contributed by atoms with Crippen LogP contribution in [0, 0.1) is 29.6 Å². The zero-order chi connectivity index (χ0) is 28.0. The van der Waals surface area contributed by atoms with E-state index in [1.165, 1.54) is 61.7 Å². The fourth-order valence-electron chi connectivity index (χ4n) is 5.96. The van der Waals surface area contributed by atoms with Gasteiger partial charge >= 0.3 is 0 Å². The van der Waals surface area contributed by atoms with Crippen LogP contribution in [-0.4, -0.2) is 25.4 Å². The first-order chi connectivity index (χ1) is 17.6. The van der Waals surface area contributed by atoms with Gasteiger partial charge in [-0.3, -0.25) is 0 Å². The van der Waals surface area contributed by atoms with Gasteiger partial charge in [0.25, 0.3) is 0 Å². The van der Waals surface area contributed by atoms with Crippen molar-refractivity contribution in [2.75, 3.05) is 20.3 Å². The van der Waals surface area contributed by atoms with Crippen LogP contribution in [0.15, 0.2) is 45.6 Å². The molecule has 0 aromatic rings. The van der Waals surface area contributed by atoms with Gasteiger partial charge in [0.2, 0.25) is 0 Å². The van der Waals surface area contributed by atoms with Gasteiger partial charge in [-0.15, -0.1) is 0 Å². The number of ether oxygens (including phenoxy) is 1. The fraction of sp³-hybridized carbons (Fsp3) is 0.771. The number of rotatable bonds is 18. The van der Waals surface area contributed by atoms with Crippen molar-refractivity contribution in [3.8, 4) is 0 Å². The normalized spacial score (nSPS) is 19.8. The lowest BCUT2D eigenvalue weighted by Crippen LogP contribution is -2.17. The number of hydrogen-bond acceptors (Lipinski definition) is 2. The van der Waals surface area contributed by atoms with Crippen LogP contribution in [0.1, 0.15) is 127 Å². The van der Waals surface area contributed by atoms with Crippen LogP contribution in [-0.2, 0) is 4.74 Å². The van der Waals surface area contributed by atoms with E-state index in [4.69, 9.17) is 4.74 Å². The lowest BCUT2D eigenvalue weighted by molar-refractivity contribution is 0.0944. The number of methoxy groups -OCH3 is 1. The highest BCUT2D eigenvalue weighted by atomic mass is 16.5. The Labute approximate surface area is 231 Å². The molecule has 0 aromatic carbocycles. The van der Waals surface area contributed by atoms with Crippen LogP contribution in [0.5, 0.6) is 0 Å². The van der Waals surface area contributed by atoms with E-state index < -0.39 is 0 Å². The lowest BCUT2D eigenvalue weighted by atomic mass is 9.82. The van der Waals surface area contributed by atoms with Gasteiger partial charge in [-0.1, -0.05) is 84.6 Å². The Morgan fingerprint density at radius 1 is 0.946 bits per heavy atom. The molecule has 5 unspecified atom stereocenters. The molecule has 5 atom stereocenters. The minimum atomic E-state index is 0.234. The van der Waals surface area contributed by atoms with E-state index in [9.17, 15) is 5.11 Å². The van der Waals surface area contributed by atoms with Crippen molar-refractivity contribution in [3.05, 3.63) is 45.6 Å². The molecule has 0 radical (unpaired) electrons. The monoisotopic (exact) mass is 514 g/mol. The van der Waals surface area contributed by atoms with Crippen molar-refractivity contribution in [1.29, 1.82) is 0 Å². The molecule has 0 saturated heterocycles. The largest absolute Gasteiger partial charge is 0.396 e. The maximum atomic E-state index is 9.55. The second-order valence-electron chi connectivity index (χ2n) is 12.3. The van der Waals surface area contributed by atoms with Crippen molar-refractivity contribution < 1.29 is 9.84 Å². The molecule has 0 aromatic heterocycles. The SMILES string of the molecule is CCC1=C(CC)CCC(/C(C)=C(/C=C(\C)C(C)CCC(C)C(C)CCC(C)CC(CO)COC)CC)=C1. The summed E-state index contributed by atoms with van der Waals surface area (Å²) in [6.45, 7) is 22.2. The van der Waals surface area contributed by atoms with Gasteiger partial charge in [-0.2, -0.15) is 0 Å². The zero-order valence-electron chi connectivity index (χ0n) is 26.4. The van der Waals surface area contributed by atoms with Crippen LogP contribution in [0.4, 0.5) is 0 Å². The van der Waals surface area contributed by atoms with E-state index in [2.05, 4.69) is 74.5 Å². The first kappa shape index (κ1) is 33.9. The summed E-state index contributed by atoms with van der Waals surface area (Å²) in [7, 11) is 1.73. The van der Waals surface area contributed by atoms with Gasteiger partial charge in [0.05, 0.1) is 6.61 Å². The quantitative estimate of drug-likeness (QED) is 0.184. The van der Waals surface area contributed by atoms with E-state index >= 15 is 0 Å². The minimum absolute atomic E-state index is 0.234.